The summed E-state index contributed by atoms with van der Waals surface area (Å²) in [6, 6.07) is 6.87. The van der Waals surface area contributed by atoms with E-state index in [1.165, 1.54) is 0 Å². The number of fused-ring (bicyclic) bond motifs is 1. The van der Waals surface area contributed by atoms with Crippen molar-refractivity contribution in [2.75, 3.05) is 0 Å². The third-order valence-corrected chi connectivity index (χ3v) is 6.40. The third-order valence-electron chi connectivity index (χ3n) is 6.40. The number of nitrogens with one attached hydrogen (secondary N) is 4. The number of urea groups is 1. The van der Waals surface area contributed by atoms with Crippen molar-refractivity contribution >= 4 is 17.8 Å². The number of carbonyl (C=O) groups is 3. The van der Waals surface area contributed by atoms with E-state index in [2.05, 4.69) is 26.3 Å². The summed E-state index contributed by atoms with van der Waals surface area (Å²) in [4.78, 5) is 42.3. The summed E-state index contributed by atoms with van der Waals surface area (Å²) in [5, 5.41) is 12.0. The second kappa shape index (κ2) is 10.3. The lowest BCUT2D eigenvalue weighted by molar-refractivity contribution is -0.124. The lowest BCUT2D eigenvalue weighted by atomic mass is 9.84. The fraction of sp³-hybridized carbons (Fsp3) is 0.520. The third kappa shape index (κ3) is 5.76. The lowest BCUT2D eigenvalue weighted by Gasteiger charge is -2.33. The molecule has 3 atom stereocenters. The van der Waals surface area contributed by atoms with Crippen molar-refractivity contribution in [2.24, 2.45) is 13.0 Å². The van der Waals surface area contributed by atoms with Gasteiger partial charge in [-0.1, -0.05) is 38.1 Å². The molecule has 9 heteroatoms. The van der Waals surface area contributed by atoms with Crippen LogP contribution in [0.3, 0.4) is 0 Å². The van der Waals surface area contributed by atoms with Crippen LogP contribution in [-0.2, 0) is 11.8 Å². The number of rotatable bonds is 8. The molecule has 4 rings (SSSR count). The van der Waals surface area contributed by atoms with Crippen molar-refractivity contribution in [1.29, 1.82) is 0 Å². The van der Waals surface area contributed by atoms with Gasteiger partial charge in [-0.25, -0.2) is 9.78 Å². The van der Waals surface area contributed by atoms with Crippen LogP contribution in [0.4, 0.5) is 4.79 Å². The maximum atomic E-state index is 13.2. The van der Waals surface area contributed by atoms with Gasteiger partial charge in [0.2, 0.25) is 5.91 Å². The first-order valence-electron chi connectivity index (χ1n) is 12.0. The van der Waals surface area contributed by atoms with Crippen molar-refractivity contribution in [3.8, 4) is 0 Å². The van der Waals surface area contributed by atoms with Gasteiger partial charge < -0.3 is 25.8 Å². The molecule has 2 aromatic rings. The van der Waals surface area contributed by atoms with Gasteiger partial charge in [0.1, 0.15) is 11.7 Å². The molecule has 1 heterocycles. The predicted molar refractivity (Wildman–Crippen MR) is 128 cm³/mol. The van der Waals surface area contributed by atoms with Crippen LogP contribution in [0.2, 0.25) is 0 Å². The molecule has 1 fully saturated rings. The smallest absolute Gasteiger partial charge is 0.315 e. The zero-order valence-electron chi connectivity index (χ0n) is 20.0. The molecular weight excluding hydrogens is 432 g/mol. The number of amides is 4. The van der Waals surface area contributed by atoms with Gasteiger partial charge in [0.15, 0.2) is 0 Å². The molecule has 2 aliphatic rings. The second-order valence-corrected chi connectivity index (χ2v) is 9.76. The molecule has 3 unspecified atom stereocenters. The van der Waals surface area contributed by atoms with Gasteiger partial charge >= 0.3 is 6.03 Å². The van der Waals surface area contributed by atoms with E-state index >= 15 is 0 Å². The molecule has 4 N–H and O–H groups in total. The Morgan fingerprint density at radius 3 is 2.21 bits per heavy atom. The molecule has 2 aliphatic carbocycles. The maximum Gasteiger partial charge on any atom is 0.315 e. The number of hydrogen-bond acceptors (Lipinski definition) is 4. The van der Waals surface area contributed by atoms with Crippen molar-refractivity contribution in [3.05, 3.63) is 53.6 Å². The normalized spacial score (nSPS) is 20.2. The molecule has 4 amide bonds. The fourth-order valence-electron chi connectivity index (χ4n) is 4.49. The molecular formula is C25H34N6O3. The van der Waals surface area contributed by atoms with Crippen LogP contribution in [0.5, 0.6) is 0 Å². The number of imidazole rings is 1. The van der Waals surface area contributed by atoms with Crippen LogP contribution < -0.4 is 21.3 Å². The van der Waals surface area contributed by atoms with Gasteiger partial charge in [-0.3, -0.25) is 9.59 Å². The van der Waals surface area contributed by atoms with Crippen LogP contribution in [0.15, 0.2) is 36.8 Å². The van der Waals surface area contributed by atoms with Crippen LogP contribution in [-0.4, -0.2) is 39.5 Å². The highest BCUT2D eigenvalue weighted by atomic mass is 16.2. The number of aromatic nitrogens is 2. The average Bonchev–Trinajstić information content (AvgIpc) is 3.50. The van der Waals surface area contributed by atoms with E-state index in [1.54, 1.807) is 24.1 Å². The standard InChI is InChI=1S/C25H34N6O3/c1-15(2)12-21(30-25(34)27-16-8-9-16)23(32)28-19-10-11-20(18-7-5-4-6-17(18)19)29-24(33)22-13-26-14-31(22)3/h4-7,13-16,19-21H,8-12H2,1-3H3,(H,28,32)(H,29,33)(H2,27,30,34). The van der Waals surface area contributed by atoms with Crippen molar-refractivity contribution in [1.82, 2.24) is 30.8 Å². The molecule has 1 saturated carbocycles. The van der Waals surface area contributed by atoms with E-state index in [0.29, 0.717) is 25.0 Å². The second-order valence-electron chi connectivity index (χ2n) is 9.76. The Balaban J connectivity index is 1.44. The van der Waals surface area contributed by atoms with E-state index in [0.717, 1.165) is 24.0 Å². The zero-order valence-corrected chi connectivity index (χ0v) is 20.0. The highest BCUT2D eigenvalue weighted by Crippen LogP contribution is 2.36. The summed E-state index contributed by atoms with van der Waals surface area (Å²) in [5.41, 5.74) is 2.48. The largest absolute Gasteiger partial charge is 0.348 e. The summed E-state index contributed by atoms with van der Waals surface area (Å²) in [6.45, 7) is 4.07. The summed E-state index contributed by atoms with van der Waals surface area (Å²) in [7, 11) is 1.79. The Bertz CT molecular complexity index is 1040. The van der Waals surface area contributed by atoms with Gasteiger partial charge in [-0.05, 0) is 49.1 Å². The van der Waals surface area contributed by atoms with Crippen molar-refractivity contribution < 1.29 is 14.4 Å². The summed E-state index contributed by atoms with van der Waals surface area (Å²) in [5.74, 6) is -0.107. The van der Waals surface area contributed by atoms with E-state index in [9.17, 15) is 14.4 Å². The highest BCUT2D eigenvalue weighted by molar-refractivity contribution is 5.92. The SMILES string of the molecule is CC(C)CC(NC(=O)NC1CC1)C(=O)NC1CCC(NC(=O)c2cncn2C)c2ccccc21. The van der Waals surface area contributed by atoms with Gasteiger partial charge in [0.05, 0.1) is 24.6 Å². The van der Waals surface area contributed by atoms with E-state index in [-0.39, 0.29) is 41.9 Å². The average molecular weight is 467 g/mol. The van der Waals surface area contributed by atoms with E-state index < -0.39 is 6.04 Å². The molecule has 0 radical (unpaired) electrons. The zero-order chi connectivity index (χ0) is 24.2. The Labute approximate surface area is 200 Å². The molecule has 1 aromatic carbocycles. The molecule has 0 spiro atoms. The monoisotopic (exact) mass is 466 g/mol. The number of nitrogens with zero attached hydrogens (tertiary/aromatic N) is 2. The maximum absolute atomic E-state index is 13.2. The first-order chi connectivity index (χ1) is 16.3. The van der Waals surface area contributed by atoms with Crippen LogP contribution in [0, 0.1) is 5.92 Å². The molecule has 1 aromatic heterocycles. The minimum Gasteiger partial charge on any atom is -0.348 e. The Morgan fingerprint density at radius 1 is 1.00 bits per heavy atom. The number of benzene rings is 1. The van der Waals surface area contributed by atoms with Crippen LogP contribution >= 0.6 is 0 Å². The number of aryl methyl sites for hydroxylation is 1. The Kier molecular flexibility index (Phi) is 7.19. The van der Waals surface area contributed by atoms with Crippen LogP contribution in [0.1, 0.15) is 79.7 Å². The van der Waals surface area contributed by atoms with Gasteiger partial charge in [-0.15, -0.1) is 0 Å². The fourth-order valence-corrected chi connectivity index (χ4v) is 4.49. The summed E-state index contributed by atoms with van der Waals surface area (Å²) in [6.07, 6.45) is 7.06. The molecule has 182 valence electrons. The predicted octanol–water partition coefficient (Wildman–Crippen LogP) is 2.72. The minimum atomic E-state index is -0.604. The molecule has 0 aliphatic heterocycles. The number of carbonyl (C=O) groups excluding carboxylic acids is 3. The summed E-state index contributed by atoms with van der Waals surface area (Å²) < 4.78 is 1.69. The van der Waals surface area contributed by atoms with Crippen LogP contribution in [0.25, 0.3) is 0 Å². The molecule has 0 bridgehead atoms. The first-order valence-corrected chi connectivity index (χ1v) is 12.0. The first kappa shape index (κ1) is 23.8. The summed E-state index contributed by atoms with van der Waals surface area (Å²) >= 11 is 0. The lowest BCUT2D eigenvalue weighted by Crippen LogP contribution is -2.52. The van der Waals surface area contributed by atoms with E-state index in [1.807, 2.05) is 38.1 Å². The Morgan fingerprint density at radius 2 is 1.65 bits per heavy atom. The highest BCUT2D eigenvalue weighted by Gasteiger charge is 2.32. The van der Waals surface area contributed by atoms with Gasteiger partial charge in [-0.2, -0.15) is 0 Å². The van der Waals surface area contributed by atoms with Crippen molar-refractivity contribution in [2.45, 2.75) is 70.1 Å². The quantitative estimate of drug-likeness (QED) is 0.478. The minimum absolute atomic E-state index is 0.152. The molecule has 9 nitrogen and oxygen atoms in total. The Hall–Kier alpha value is -3.36. The topological polar surface area (TPSA) is 117 Å². The molecule has 34 heavy (non-hydrogen) atoms. The van der Waals surface area contributed by atoms with Crippen molar-refractivity contribution in [3.63, 3.8) is 0 Å². The molecule has 0 saturated heterocycles. The van der Waals surface area contributed by atoms with E-state index in [4.69, 9.17) is 0 Å². The van der Waals surface area contributed by atoms with Gasteiger partial charge in [0, 0.05) is 13.1 Å². The van der Waals surface area contributed by atoms with Gasteiger partial charge in [0.25, 0.3) is 5.91 Å². The number of hydrogen-bond donors (Lipinski definition) is 4.